The van der Waals surface area contributed by atoms with Gasteiger partial charge in [0, 0.05) is 0 Å². The Morgan fingerprint density at radius 2 is 0.634 bits per heavy atom. The number of alkyl halides is 25. The molecule has 27 heteroatoms. The molecule has 0 amide bonds. The van der Waals surface area contributed by atoms with Gasteiger partial charge >= 0.3 is 65.6 Å². The standard InChI is InChI=1S/C14H5F25O2/c15-2(4(17,18)6(21,22)3(16,1-40)14(38,39)41)5(19,20)7(23,24)8(25,26)9(27,28)10(29,30)11(31,32)12(33,34)13(35,36)37/h2,40-41H,1H2. The van der Waals surface area contributed by atoms with Crippen molar-refractivity contribution >= 4 is 0 Å². The minimum atomic E-state index is -9.46. The van der Waals surface area contributed by atoms with E-state index in [0.29, 0.717) is 0 Å². The zero-order valence-electron chi connectivity index (χ0n) is 17.6. The zero-order valence-corrected chi connectivity index (χ0v) is 17.6. The van der Waals surface area contributed by atoms with E-state index in [1.54, 1.807) is 0 Å². The molecule has 0 aromatic carbocycles. The average Bonchev–Trinajstić information content (AvgIpc) is 2.74. The van der Waals surface area contributed by atoms with Crippen molar-refractivity contribution in [2.75, 3.05) is 6.61 Å². The second-order valence-corrected chi connectivity index (χ2v) is 7.63. The second kappa shape index (κ2) is 9.59. The van der Waals surface area contributed by atoms with Crippen LogP contribution in [0.2, 0.25) is 0 Å². The Labute approximate surface area is 205 Å². The summed E-state index contributed by atoms with van der Waals surface area (Å²) in [6.07, 6.45) is -22.8. The molecule has 0 bridgehead atoms. The minimum Gasteiger partial charge on any atom is -0.392 e. The molecule has 0 aliphatic rings. The van der Waals surface area contributed by atoms with Crippen molar-refractivity contribution in [2.24, 2.45) is 0 Å². The highest BCUT2D eigenvalue weighted by atomic mass is 19.4. The molecule has 0 saturated carbocycles. The van der Waals surface area contributed by atoms with Gasteiger partial charge in [0.1, 0.15) is 0 Å². The summed E-state index contributed by atoms with van der Waals surface area (Å²) in [5.41, 5.74) is -7.16. The molecule has 0 aliphatic carbocycles. The SMILES string of the molecule is OCC(F)(C(O)(F)F)C(F)(F)C(F)(F)C(F)C(F)(F)C(F)(F)C(F)(F)C(F)(F)C(F)(F)C(F)(F)C(F)(F)C(F)(F)F. The van der Waals surface area contributed by atoms with Crippen LogP contribution in [0.25, 0.3) is 0 Å². The summed E-state index contributed by atoms with van der Waals surface area (Å²) in [6, 6.07) is 0. The van der Waals surface area contributed by atoms with Crippen LogP contribution in [0.5, 0.6) is 0 Å². The largest absolute Gasteiger partial charge is 0.460 e. The summed E-state index contributed by atoms with van der Waals surface area (Å²) >= 11 is 0. The van der Waals surface area contributed by atoms with Crippen LogP contribution in [0.15, 0.2) is 0 Å². The molecule has 2 N–H and O–H groups in total. The molecule has 0 saturated heterocycles. The number of hydrogen-bond donors (Lipinski definition) is 2. The maximum Gasteiger partial charge on any atom is 0.460 e. The molecular formula is C14H5F25O2. The average molecular weight is 680 g/mol. The molecule has 0 heterocycles. The highest BCUT2D eigenvalue weighted by Gasteiger charge is 2.97. The fourth-order valence-corrected chi connectivity index (χ4v) is 2.37. The van der Waals surface area contributed by atoms with Crippen LogP contribution in [-0.2, 0) is 0 Å². The first-order chi connectivity index (χ1) is 17.2. The number of hydrogen-bond acceptors (Lipinski definition) is 2. The fraction of sp³-hybridized carbons (Fsp3) is 1.00. The molecule has 0 aromatic rings. The van der Waals surface area contributed by atoms with Gasteiger partial charge in [-0.15, -0.1) is 0 Å². The maximum atomic E-state index is 13.6. The smallest absolute Gasteiger partial charge is 0.392 e. The Morgan fingerprint density at radius 1 is 0.390 bits per heavy atom. The highest BCUT2D eigenvalue weighted by Crippen LogP contribution is 2.65. The number of aliphatic hydroxyl groups excluding tert-OH is 1. The molecule has 2 unspecified atom stereocenters. The molecule has 0 aromatic heterocycles. The van der Waals surface area contributed by atoms with E-state index in [-0.39, 0.29) is 0 Å². The van der Waals surface area contributed by atoms with Crippen LogP contribution in [0.4, 0.5) is 110 Å². The van der Waals surface area contributed by atoms with Crippen LogP contribution >= 0.6 is 0 Å². The Morgan fingerprint density at radius 3 is 0.878 bits per heavy atom. The summed E-state index contributed by atoms with van der Waals surface area (Å²) in [5, 5.41) is 15.9. The van der Waals surface area contributed by atoms with E-state index in [0.717, 1.165) is 0 Å². The van der Waals surface area contributed by atoms with Crippen LogP contribution < -0.4 is 0 Å². The number of rotatable bonds is 12. The van der Waals surface area contributed by atoms with Crippen LogP contribution in [0.3, 0.4) is 0 Å². The molecule has 41 heavy (non-hydrogen) atoms. The van der Waals surface area contributed by atoms with Gasteiger partial charge in [0.2, 0.25) is 6.17 Å². The highest BCUT2D eigenvalue weighted by molar-refractivity contribution is 5.18. The molecule has 0 rings (SSSR count). The Balaban J connectivity index is 7.24. The van der Waals surface area contributed by atoms with Gasteiger partial charge in [0.25, 0.3) is 5.67 Å². The van der Waals surface area contributed by atoms with Crippen molar-refractivity contribution in [3.63, 3.8) is 0 Å². The first-order valence-electron chi connectivity index (χ1n) is 8.72. The van der Waals surface area contributed by atoms with Gasteiger partial charge in [-0.25, -0.2) is 8.78 Å². The van der Waals surface area contributed by atoms with E-state index in [1.807, 2.05) is 0 Å². The first-order valence-corrected chi connectivity index (χ1v) is 8.72. The van der Waals surface area contributed by atoms with Crippen molar-refractivity contribution in [1.29, 1.82) is 0 Å². The minimum absolute atomic E-state index is 3.92. The van der Waals surface area contributed by atoms with Gasteiger partial charge in [-0.1, -0.05) is 0 Å². The predicted octanol–water partition coefficient (Wildman–Crippen LogP) is 6.89. The van der Waals surface area contributed by atoms with Gasteiger partial charge < -0.3 is 10.2 Å². The van der Waals surface area contributed by atoms with E-state index in [4.69, 9.17) is 10.2 Å². The molecular weight excluding hydrogens is 675 g/mol. The lowest BCUT2D eigenvalue weighted by Crippen LogP contribution is -2.77. The van der Waals surface area contributed by atoms with E-state index in [1.165, 1.54) is 0 Å². The lowest BCUT2D eigenvalue weighted by molar-refractivity contribution is -0.467. The molecule has 0 aliphatic heterocycles. The van der Waals surface area contributed by atoms with E-state index in [9.17, 15) is 110 Å². The Bertz CT molecular complexity index is 943. The number of aliphatic hydroxyl groups is 2. The topological polar surface area (TPSA) is 40.5 Å². The summed E-state index contributed by atoms with van der Waals surface area (Å²) < 4.78 is 329. The van der Waals surface area contributed by atoms with Crippen molar-refractivity contribution in [2.45, 2.75) is 77.4 Å². The van der Waals surface area contributed by atoms with Crippen LogP contribution in [-0.4, -0.2) is 94.2 Å². The molecule has 2 nitrogen and oxygen atoms in total. The normalized spacial score (nSPS) is 18.8. The Kier molecular flexibility index (Phi) is 9.16. The summed E-state index contributed by atoms with van der Waals surface area (Å²) in [7, 11) is 0. The summed E-state index contributed by atoms with van der Waals surface area (Å²) in [4.78, 5) is 0. The third kappa shape index (κ3) is 4.69. The maximum absolute atomic E-state index is 13.6. The summed E-state index contributed by atoms with van der Waals surface area (Å²) in [6.45, 7) is -3.92. The molecule has 0 radical (unpaired) electrons. The third-order valence-corrected chi connectivity index (χ3v) is 4.99. The second-order valence-electron chi connectivity index (χ2n) is 7.63. The third-order valence-electron chi connectivity index (χ3n) is 4.99. The number of halogens is 25. The van der Waals surface area contributed by atoms with E-state index in [2.05, 4.69) is 0 Å². The van der Waals surface area contributed by atoms with Crippen LogP contribution in [0, 0.1) is 0 Å². The van der Waals surface area contributed by atoms with Gasteiger partial charge in [0.05, 0.1) is 6.61 Å². The molecule has 0 spiro atoms. The summed E-state index contributed by atoms with van der Waals surface area (Å²) in [5.74, 6) is -80.9. The van der Waals surface area contributed by atoms with Crippen molar-refractivity contribution in [3.8, 4) is 0 Å². The van der Waals surface area contributed by atoms with Crippen molar-refractivity contribution < 1.29 is 120 Å². The van der Waals surface area contributed by atoms with Gasteiger partial charge in [-0.2, -0.15) is 101 Å². The monoisotopic (exact) mass is 680 g/mol. The van der Waals surface area contributed by atoms with Crippen LogP contribution in [0.1, 0.15) is 0 Å². The Hall–Kier alpha value is -1.83. The molecule has 248 valence electrons. The fourth-order valence-electron chi connectivity index (χ4n) is 2.37. The van der Waals surface area contributed by atoms with Crippen molar-refractivity contribution in [3.05, 3.63) is 0 Å². The first kappa shape index (κ1) is 39.2. The van der Waals surface area contributed by atoms with Gasteiger partial charge in [-0.05, 0) is 0 Å². The van der Waals surface area contributed by atoms with Gasteiger partial charge in [0.15, 0.2) is 0 Å². The predicted molar refractivity (Wildman–Crippen MR) is 73.6 cm³/mol. The van der Waals surface area contributed by atoms with Crippen molar-refractivity contribution in [1.82, 2.24) is 0 Å². The molecule has 2 atom stereocenters. The quantitative estimate of drug-likeness (QED) is 0.221. The van der Waals surface area contributed by atoms with Gasteiger partial charge in [-0.3, -0.25) is 0 Å². The zero-order chi connectivity index (χ0) is 34.3. The lowest BCUT2D eigenvalue weighted by Gasteiger charge is -2.45. The van der Waals surface area contributed by atoms with E-state index < -0.39 is 84.0 Å². The lowest BCUT2D eigenvalue weighted by atomic mass is 9.83. The molecule has 0 fully saturated rings. The van der Waals surface area contributed by atoms with E-state index >= 15 is 0 Å².